The van der Waals surface area contributed by atoms with Crippen molar-refractivity contribution in [2.24, 2.45) is 0 Å². The maximum Gasteiger partial charge on any atom is 0.418 e. The molecule has 0 unspecified atom stereocenters. The highest BCUT2D eigenvalue weighted by Gasteiger charge is 2.33. The largest absolute Gasteiger partial charge is 0.477 e. The van der Waals surface area contributed by atoms with E-state index in [0.29, 0.717) is 11.3 Å². The first-order chi connectivity index (χ1) is 9.79. The highest BCUT2D eigenvalue weighted by molar-refractivity contribution is 7.15. The minimum absolute atomic E-state index is 0.0179. The highest BCUT2D eigenvalue weighted by Crippen LogP contribution is 2.34. The smallest absolute Gasteiger partial charge is 0.418 e. The zero-order valence-electron chi connectivity index (χ0n) is 10.3. The van der Waals surface area contributed by atoms with Crippen molar-refractivity contribution in [1.29, 1.82) is 0 Å². The summed E-state index contributed by atoms with van der Waals surface area (Å²) in [7, 11) is 0. The van der Waals surface area contributed by atoms with E-state index in [2.05, 4.69) is 5.32 Å². The second-order valence-electron chi connectivity index (χ2n) is 3.97. The molecule has 1 amide bonds. The molecule has 0 spiro atoms. The zero-order valence-corrected chi connectivity index (χ0v) is 11.1. The van der Waals surface area contributed by atoms with E-state index in [1.807, 2.05) is 0 Å². The fourth-order valence-electron chi connectivity index (χ4n) is 1.60. The molecular weight excluding hydrogens is 307 g/mol. The Kier molecular flexibility index (Phi) is 3.99. The molecule has 0 fully saturated rings. The van der Waals surface area contributed by atoms with Crippen molar-refractivity contribution in [2.45, 2.75) is 6.18 Å². The van der Waals surface area contributed by atoms with Gasteiger partial charge in [-0.2, -0.15) is 13.2 Å². The number of carbonyl (C=O) groups is 2. The van der Waals surface area contributed by atoms with E-state index < -0.39 is 23.6 Å². The van der Waals surface area contributed by atoms with Gasteiger partial charge in [0.15, 0.2) is 0 Å². The Morgan fingerprint density at radius 3 is 2.24 bits per heavy atom. The molecule has 0 radical (unpaired) electrons. The predicted octanol–water partition coefficient (Wildman–Crippen LogP) is 3.72. The Morgan fingerprint density at radius 2 is 1.67 bits per heavy atom. The third-order valence-corrected chi connectivity index (χ3v) is 3.59. The van der Waals surface area contributed by atoms with Crippen molar-refractivity contribution >= 4 is 28.9 Å². The van der Waals surface area contributed by atoms with Crippen molar-refractivity contribution in [3.8, 4) is 0 Å². The molecule has 0 saturated heterocycles. The summed E-state index contributed by atoms with van der Waals surface area (Å²) in [5.74, 6) is -1.99. The Hall–Kier alpha value is -2.35. The van der Waals surface area contributed by atoms with Gasteiger partial charge in [0.25, 0.3) is 5.91 Å². The quantitative estimate of drug-likeness (QED) is 0.907. The summed E-state index contributed by atoms with van der Waals surface area (Å²) in [5, 5.41) is 10.9. The topological polar surface area (TPSA) is 66.4 Å². The van der Waals surface area contributed by atoms with Gasteiger partial charge in [-0.05, 0) is 24.3 Å². The summed E-state index contributed by atoms with van der Waals surface area (Å²) in [6.07, 6.45) is -4.59. The maximum atomic E-state index is 12.8. The minimum atomic E-state index is -4.59. The van der Waals surface area contributed by atoms with Crippen LogP contribution in [0.4, 0.5) is 18.9 Å². The van der Waals surface area contributed by atoms with Gasteiger partial charge in [-0.3, -0.25) is 4.79 Å². The van der Waals surface area contributed by atoms with Crippen LogP contribution >= 0.6 is 11.3 Å². The molecule has 110 valence electrons. The summed E-state index contributed by atoms with van der Waals surface area (Å²) in [5.41, 5.74) is -1.34. The molecule has 2 aromatic rings. The SMILES string of the molecule is O=C(O)c1ccc(C(=O)Nc2ccccc2C(F)(F)F)s1. The number of amides is 1. The van der Waals surface area contributed by atoms with E-state index in [1.54, 1.807) is 0 Å². The second-order valence-corrected chi connectivity index (χ2v) is 5.05. The number of benzene rings is 1. The van der Waals surface area contributed by atoms with Gasteiger partial charge in [-0.1, -0.05) is 12.1 Å². The molecule has 0 aliphatic rings. The molecular formula is C13H8F3NO3S. The fraction of sp³-hybridized carbons (Fsp3) is 0.0769. The van der Waals surface area contributed by atoms with Crippen LogP contribution in [0, 0.1) is 0 Å². The molecule has 4 nitrogen and oxygen atoms in total. The maximum absolute atomic E-state index is 12.8. The van der Waals surface area contributed by atoms with Crippen molar-refractivity contribution in [3.63, 3.8) is 0 Å². The van der Waals surface area contributed by atoms with Crippen molar-refractivity contribution in [3.05, 3.63) is 51.7 Å². The number of rotatable bonds is 3. The molecule has 0 aliphatic carbocycles. The normalized spacial score (nSPS) is 11.2. The molecule has 1 aromatic carbocycles. The van der Waals surface area contributed by atoms with Crippen LogP contribution in [-0.2, 0) is 6.18 Å². The van der Waals surface area contributed by atoms with Crippen LogP contribution < -0.4 is 5.32 Å². The molecule has 1 aromatic heterocycles. The van der Waals surface area contributed by atoms with Crippen LogP contribution in [0.15, 0.2) is 36.4 Å². The predicted molar refractivity (Wildman–Crippen MR) is 70.7 cm³/mol. The summed E-state index contributed by atoms with van der Waals surface area (Å²) in [4.78, 5) is 22.5. The lowest BCUT2D eigenvalue weighted by atomic mass is 10.1. The first kappa shape index (κ1) is 15.0. The third kappa shape index (κ3) is 3.40. The van der Waals surface area contributed by atoms with Gasteiger partial charge < -0.3 is 10.4 Å². The lowest BCUT2D eigenvalue weighted by Crippen LogP contribution is -2.15. The summed E-state index contributed by atoms with van der Waals surface area (Å²) >= 11 is 0.689. The second kappa shape index (κ2) is 5.57. The number of hydrogen-bond acceptors (Lipinski definition) is 3. The summed E-state index contributed by atoms with van der Waals surface area (Å²) in [6, 6.07) is 7.03. The standard InChI is InChI=1S/C13H8F3NO3S/c14-13(15,16)7-3-1-2-4-8(7)17-11(18)9-5-6-10(21-9)12(19)20/h1-6H,(H,17,18)(H,19,20). The van der Waals surface area contributed by atoms with Gasteiger partial charge in [0.05, 0.1) is 16.1 Å². The fourth-order valence-corrected chi connectivity index (χ4v) is 2.34. The average molecular weight is 315 g/mol. The van der Waals surface area contributed by atoms with E-state index >= 15 is 0 Å². The van der Waals surface area contributed by atoms with Gasteiger partial charge in [0, 0.05) is 0 Å². The lowest BCUT2D eigenvalue weighted by Gasteiger charge is -2.12. The summed E-state index contributed by atoms with van der Waals surface area (Å²) < 4.78 is 38.4. The van der Waals surface area contributed by atoms with Crippen LogP contribution in [0.1, 0.15) is 24.9 Å². The van der Waals surface area contributed by atoms with Gasteiger partial charge >= 0.3 is 12.1 Å². The van der Waals surface area contributed by atoms with Crippen LogP contribution in [0.25, 0.3) is 0 Å². The zero-order chi connectivity index (χ0) is 15.6. The molecule has 2 N–H and O–H groups in total. The van der Waals surface area contributed by atoms with Crippen LogP contribution in [0.3, 0.4) is 0 Å². The van der Waals surface area contributed by atoms with Gasteiger partial charge in [0.1, 0.15) is 4.88 Å². The monoisotopic (exact) mass is 315 g/mol. The number of carboxylic acid groups (broad SMARTS) is 1. The number of thiophene rings is 1. The Bertz CT molecular complexity index is 694. The van der Waals surface area contributed by atoms with E-state index in [9.17, 15) is 22.8 Å². The molecule has 2 rings (SSSR count). The van der Waals surface area contributed by atoms with E-state index in [1.165, 1.54) is 24.3 Å². The van der Waals surface area contributed by atoms with Crippen LogP contribution in [-0.4, -0.2) is 17.0 Å². The number of carbonyl (C=O) groups excluding carboxylic acids is 1. The number of alkyl halides is 3. The van der Waals surface area contributed by atoms with Crippen molar-refractivity contribution in [2.75, 3.05) is 5.32 Å². The first-order valence-electron chi connectivity index (χ1n) is 5.60. The average Bonchev–Trinajstić information content (AvgIpc) is 2.88. The molecule has 0 atom stereocenters. The van der Waals surface area contributed by atoms with Gasteiger partial charge in [0.2, 0.25) is 0 Å². The minimum Gasteiger partial charge on any atom is -0.477 e. The molecule has 0 aliphatic heterocycles. The molecule has 8 heteroatoms. The van der Waals surface area contributed by atoms with Gasteiger partial charge in [-0.25, -0.2) is 4.79 Å². The highest BCUT2D eigenvalue weighted by atomic mass is 32.1. The van der Waals surface area contributed by atoms with E-state index in [0.717, 1.165) is 12.1 Å². The van der Waals surface area contributed by atoms with E-state index in [4.69, 9.17) is 5.11 Å². The van der Waals surface area contributed by atoms with Crippen LogP contribution in [0.5, 0.6) is 0 Å². The number of nitrogens with one attached hydrogen (secondary N) is 1. The number of carboxylic acids is 1. The Balaban J connectivity index is 2.25. The number of halogens is 3. The number of aromatic carboxylic acids is 1. The third-order valence-electron chi connectivity index (χ3n) is 2.52. The lowest BCUT2D eigenvalue weighted by molar-refractivity contribution is -0.136. The van der Waals surface area contributed by atoms with Crippen LogP contribution in [0.2, 0.25) is 0 Å². The van der Waals surface area contributed by atoms with Crippen molar-refractivity contribution < 1.29 is 27.9 Å². The first-order valence-corrected chi connectivity index (χ1v) is 6.41. The summed E-state index contributed by atoms with van der Waals surface area (Å²) in [6.45, 7) is 0. The Labute approximate surface area is 120 Å². The number of para-hydroxylation sites is 1. The molecule has 0 bridgehead atoms. The molecule has 1 heterocycles. The number of anilines is 1. The number of hydrogen-bond donors (Lipinski definition) is 2. The van der Waals surface area contributed by atoms with Crippen molar-refractivity contribution in [1.82, 2.24) is 0 Å². The Morgan fingerprint density at radius 1 is 1.05 bits per heavy atom. The van der Waals surface area contributed by atoms with E-state index in [-0.39, 0.29) is 15.4 Å². The van der Waals surface area contributed by atoms with Gasteiger partial charge in [-0.15, -0.1) is 11.3 Å². The molecule has 21 heavy (non-hydrogen) atoms. The molecule has 0 saturated carbocycles.